The third-order valence-corrected chi connectivity index (χ3v) is 5.87. The highest BCUT2D eigenvalue weighted by Crippen LogP contribution is 2.36. The molecule has 138 valence electrons. The third kappa shape index (κ3) is 3.05. The summed E-state index contributed by atoms with van der Waals surface area (Å²) in [4.78, 5) is 5.13. The molecule has 1 aliphatic rings. The molecule has 0 aliphatic heterocycles. The maximum absolute atomic E-state index is 6.63. The molecule has 0 saturated carbocycles. The first kappa shape index (κ1) is 17.0. The van der Waals surface area contributed by atoms with Crippen molar-refractivity contribution in [3.8, 4) is 11.3 Å². The number of nitrogen functional groups attached to an aromatic ring is 1. The van der Waals surface area contributed by atoms with Crippen molar-refractivity contribution in [2.24, 2.45) is 0 Å². The minimum atomic E-state index is 0.778. The van der Waals surface area contributed by atoms with Gasteiger partial charge in [-0.25, -0.2) is 0 Å². The molecule has 0 atom stereocenters. The van der Waals surface area contributed by atoms with Crippen LogP contribution in [0.25, 0.3) is 22.0 Å². The number of anilines is 1. The molecule has 1 aromatic heterocycles. The van der Waals surface area contributed by atoms with Crippen LogP contribution < -0.4 is 5.73 Å². The van der Waals surface area contributed by atoms with Gasteiger partial charge in [0, 0.05) is 12.0 Å². The van der Waals surface area contributed by atoms with E-state index in [1.165, 1.54) is 45.9 Å². The highest BCUT2D eigenvalue weighted by molar-refractivity contribution is 5.87. The lowest BCUT2D eigenvalue weighted by Gasteiger charge is -2.23. The van der Waals surface area contributed by atoms with E-state index in [-0.39, 0.29) is 0 Å². The molecule has 2 nitrogen and oxygen atoms in total. The zero-order valence-corrected chi connectivity index (χ0v) is 16.0. The van der Waals surface area contributed by atoms with Gasteiger partial charge in [0.1, 0.15) is 0 Å². The molecule has 4 aromatic rings. The predicted molar refractivity (Wildman–Crippen MR) is 117 cm³/mol. The molecule has 2 heteroatoms. The van der Waals surface area contributed by atoms with Crippen molar-refractivity contribution in [1.29, 1.82) is 0 Å². The summed E-state index contributed by atoms with van der Waals surface area (Å²) >= 11 is 0. The Morgan fingerprint density at radius 1 is 0.750 bits per heavy atom. The van der Waals surface area contributed by atoms with Crippen molar-refractivity contribution < 1.29 is 0 Å². The maximum Gasteiger partial charge on any atom is 0.0742 e. The van der Waals surface area contributed by atoms with Crippen LogP contribution in [-0.2, 0) is 19.3 Å². The van der Waals surface area contributed by atoms with Crippen LogP contribution in [0.4, 0.5) is 5.69 Å². The van der Waals surface area contributed by atoms with Crippen LogP contribution in [0.3, 0.4) is 0 Å². The Balaban J connectivity index is 1.68. The maximum atomic E-state index is 6.63. The Labute approximate surface area is 166 Å². The second-order valence-electron chi connectivity index (χ2n) is 7.71. The fourth-order valence-electron chi connectivity index (χ4n) is 4.40. The summed E-state index contributed by atoms with van der Waals surface area (Å²) in [5.41, 5.74) is 14.8. The van der Waals surface area contributed by atoms with Gasteiger partial charge in [0.2, 0.25) is 0 Å². The van der Waals surface area contributed by atoms with E-state index in [0.29, 0.717) is 0 Å². The van der Waals surface area contributed by atoms with Crippen LogP contribution in [0.2, 0.25) is 0 Å². The molecular formula is C26H24N2. The van der Waals surface area contributed by atoms with Gasteiger partial charge in [-0.15, -0.1) is 0 Å². The molecule has 3 aromatic carbocycles. The van der Waals surface area contributed by atoms with Crippen molar-refractivity contribution in [1.82, 2.24) is 4.98 Å². The van der Waals surface area contributed by atoms with Crippen LogP contribution in [0.1, 0.15) is 35.2 Å². The fourth-order valence-corrected chi connectivity index (χ4v) is 4.40. The van der Waals surface area contributed by atoms with Crippen molar-refractivity contribution in [3.05, 3.63) is 95.2 Å². The fraction of sp³-hybridized carbons (Fsp3) is 0.192. The normalized spacial score (nSPS) is 13.4. The van der Waals surface area contributed by atoms with E-state index in [4.69, 9.17) is 10.7 Å². The summed E-state index contributed by atoms with van der Waals surface area (Å²) in [7, 11) is 0. The highest BCUT2D eigenvalue weighted by atomic mass is 14.8. The Hall–Kier alpha value is -3.13. The number of pyridine rings is 1. The molecule has 0 radical (unpaired) electrons. The molecule has 1 aliphatic carbocycles. The van der Waals surface area contributed by atoms with Gasteiger partial charge in [0.05, 0.1) is 17.1 Å². The van der Waals surface area contributed by atoms with Crippen molar-refractivity contribution >= 4 is 16.5 Å². The number of benzene rings is 3. The van der Waals surface area contributed by atoms with Crippen LogP contribution in [0.5, 0.6) is 0 Å². The van der Waals surface area contributed by atoms with Crippen LogP contribution >= 0.6 is 0 Å². The second kappa shape index (κ2) is 7.12. The van der Waals surface area contributed by atoms with Crippen molar-refractivity contribution in [2.45, 2.75) is 32.1 Å². The molecular weight excluding hydrogens is 340 g/mol. The number of nitrogens with two attached hydrogens (primary N) is 1. The molecule has 1 heterocycles. The van der Waals surface area contributed by atoms with E-state index in [1.807, 2.05) is 6.07 Å². The molecule has 5 rings (SSSR count). The van der Waals surface area contributed by atoms with E-state index in [9.17, 15) is 0 Å². The van der Waals surface area contributed by atoms with E-state index < -0.39 is 0 Å². The van der Waals surface area contributed by atoms with Gasteiger partial charge in [-0.2, -0.15) is 0 Å². The summed E-state index contributed by atoms with van der Waals surface area (Å²) < 4.78 is 0. The molecule has 0 unspecified atom stereocenters. The average molecular weight is 364 g/mol. The zero-order valence-electron chi connectivity index (χ0n) is 16.0. The van der Waals surface area contributed by atoms with Gasteiger partial charge >= 0.3 is 0 Å². The monoisotopic (exact) mass is 364 g/mol. The highest BCUT2D eigenvalue weighted by Gasteiger charge is 2.21. The largest absolute Gasteiger partial charge is 0.397 e. The van der Waals surface area contributed by atoms with Gasteiger partial charge in [-0.1, -0.05) is 66.7 Å². The SMILES string of the molecule is Nc1c(Cc2ccccc2)nc(-c2ccc3ccccc3c2)c2c1CCCC2. The summed E-state index contributed by atoms with van der Waals surface area (Å²) in [5, 5.41) is 2.52. The smallest absolute Gasteiger partial charge is 0.0742 e. The van der Waals surface area contributed by atoms with Gasteiger partial charge in [-0.05, 0) is 59.2 Å². The first-order chi connectivity index (χ1) is 13.8. The first-order valence-corrected chi connectivity index (χ1v) is 10.1. The Bertz CT molecular complexity index is 1150. The van der Waals surface area contributed by atoms with Crippen LogP contribution in [0, 0.1) is 0 Å². The predicted octanol–water partition coefficient (Wildman–Crippen LogP) is 5.95. The van der Waals surface area contributed by atoms with Crippen molar-refractivity contribution in [2.75, 3.05) is 5.73 Å². The summed E-state index contributed by atoms with van der Waals surface area (Å²) in [6.07, 6.45) is 5.34. The van der Waals surface area contributed by atoms with Gasteiger partial charge in [-0.3, -0.25) is 4.98 Å². The molecule has 0 spiro atoms. The zero-order chi connectivity index (χ0) is 18.9. The Morgan fingerprint density at radius 2 is 1.46 bits per heavy atom. The number of hydrogen-bond acceptors (Lipinski definition) is 2. The summed E-state index contributed by atoms with van der Waals surface area (Å²) in [6.45, 7) is 0. The van der Waals surface area contributed by atoms with Crippen LogP contribution in [-0.4, -0.2) is 4.98 Å². The first-order valence-electron chi connectivity index (χ1n) is 10.1. The van der Waals surface area contributed by atoms with E-state index in [0.717, 1.165) is 36.3 Å². The van der Waals surface area contributed by atoms with E-state index >= 15 is 0 Å². The molecule has 0 bridgehead atoms. The average Bonchev–Trinajstić information content (AvgIpc) is 2.76. The van der Waals surface area contributed by atoms with Gasteiger partial charge in [0.15, 0.2) is 0 Å². The third-order valence-electron chi connectivity index (χ3n) is 5.87. The molecule has 0 amide bonds. The number of hydrogen-bond donors (Lipinski definition) is 1. The molecule has 0 saturated heterocycles. The standard InChI is InChI=1S/C26H24N2/c27-25-22-12-6-7-13-23(22)26(28-24(25)16-18-8-2-1-3-9-18)21-15-14-19-10-4-5-11-20(19)17-21/h1-5,8-11,14-15,17H,6-7,12-13,16,27H2. The number of fused-ring (bicyclic) bond motifs is 2. The summed E-state index contributed by atoms with van der Waals surface area (Å²) in [5.74, 6) is 0. The molecule has 2 N–H and O–H groups in total. The van der Waals surface area contributed by atoms with Crippen LogP contribution in [0.15, 0.2) is 72.8 Å². The number of rotatable bonds is 3. The summed E-state index contributed by atoms with van der Waals surface area (Å²) in [6, 6.07) is 25.7. The minimum absolute atomic E-state index is 0.778. The lowest BCUT2D eigenvalue weighted by atomic mass is 9.86. The lowest BCUT2D eigenvalue weighted by molar-refractivity contribution is 0.684. The van der Waals surface area contributed by atoms with E-state index in [1.54, 1.807) is 0 Å². The Morgan fingerprint density at radius 3 is 2.29 bits per heavy atom. The van der Waals surface area contributed by atoms with Gasteiger partial charge < -0.3 is 5.73 Å². The topological polar surface area (TPSA) is 38.9 Å². The number of aromatic nitrogens is 1. The minimum Gasteiger partial charge on any atom is -0.397 e. The lowest BCUT2D eigenvalue weighted by Crippen LogP contribution is -2.13. The Kier molecular flexibility index (Phi) is 4.32. The quantitative estimate of drug-likeness (QED) is 0.487. The van der Waals surface area contributed by atoms with E-state index in [2.05, 4.69) is 66.7 Å². The number of nitrogens with zero attached hydrogens (tertiary/aromatic N) is 1. The second-order valence-corrected chi connectivity index (χ2v) is 7.71. The van der Waals surface area contributed by atoms with Gasteiger partial charge in [0.25, 0.3) is 0 Å². The molecule has 0 fully saturated rings. The van der Waals surface area contributed by atoms with Crippen molar-refractivity contribution in [3.63, 3.8) is 0 Å². The molecule has 28 heavy (non-hydrogen) atoms.